The summed E-state index contributed by atoms with van der Waals surface area (Å²) in [5, 5.41) is 1.01. The summed E-state index contributed by atoms with van der Waals surface area (Å²) in [5.74, 6) is 1.34. The van der Waals surface area contributed by atoms with Gasteiger partial charge in [0, 0.05) is 18.0 Å². The molecule has 0 amide bonds. The minimum absolute atomic E-state index is 0.359. The first-order valence-corrected chi connectivity index (χ1v) is 6.14. The number of nitrogen functional groups attached to an aromatic ring is 2. The molecule has 0 radical (unpaired) electrons. The molecule has 0 aliphatic heterocycles. The first-order chi connectivity index (χ1) is 8.15. The maximum absolute atomic E-state index is 5.94. The van der Waals surface area contributed by atoms with Crippen LogP contribution in [0.25, 0.3) is 0 Å². The second-order valence-corrected chi connectivity index (χ2v) is 4.54. The van der Waals surface area contributed by atoms with Crippen molar-refractivity contribution in [3.8, 4) is 0 Å². The molecule has 88 valence electrons. The normalized spacial score (nSPS) is 10.4. The Morgan fingerprint density at radius 1 is 1.24 bits per heavy atom. The van der Waals surface area contributed by atoms with Crippen LogP contribution in [0, 0.1) is 0 Å². The maximum atomic E-state index is 5.94. The first kappa shape index (κ1) is 11.9. The Kier molecular flexibility index (Phi) is 3.65. The van der Waals surface area contributed by atoms with E-state index in [1.54, 1.807) is 6.20 Å². The molecule has 0 fully saturated rings. The smallest absolute Gasteiger partial charge is 0.191 e. The van der Waals surface area contributed by atoms with Crippen LogP contribution in [0.2, 0.25) is 5.15 Å². The molecule has 0 atom stereocenters. The third kappa shape index (κ3) is 3.21. The second-order valence-electron chi connectivity index (χ2n) is 3.24. The minimum atomic E-state index is 0.359. The zero-order chi connectivity index (χ0) is 12.3. The summed E-state index contributed by atoms with van der Waals surface area (Å²) in [5.41, 5.74) is 12.1. The van der Waals surface area contributed by atoms with Gasteiger partial charge in [-0.3, -0.25) is 0 Å². The van der Waals surface area contributed by atoms with E-state index in [-0.39, 0.29) is 0 Å². The Hall–Kier alpha value is -1.53. The average molecular weight is 268 g/mol. The summed E-state index contributed by atoms with van der Waals surface area (Å²) in [4.78, 5) is 12.1. The Balaban J connectivity index is 2.10. The number of rotatable bonds is 3. The van der Waals surface area contributed by atoms with Crippen molar-refractivity contribution in [3.05, 3.63) is 35.1 Å². The number of nitrogens with two attached hydrogens (primary N) is 2. The average Bonchev–Trinajstić information content (AvgIpc) is 2.27. The molecule has 0 aromatic carbocycles. The molecule has 2 heterocycles. The van der Waals surface area contributed by atoms with Crippen molar-refractivity contribution in [2.75, 3.05) is 11.5 Å². The first-order valence-electron chi connectivity index (χ1n) is 4.77. The van der Waals surface area contributed by atoms with Crippen molar-refractivity contribution in [2.45, 2.75) is 10.9 Å². The Labute approximate surface area is 108 Å². The lowest BCUT2D eigenvalue weighted by Crippen LogP contribution is -1.99. The molecule has 0 saturated heterocycles. The van der Waals surface area contributed by atoms with E-state index in [2.05, 4.69) is 15.0 Å². The predicted octanol–water partition coefficient (Wildman–Crippen LogP) is 1.98. The van der Waals surface area contributed by atoms with Gasteiger partial charge in [-0.15, -0.1) is 0 Å². The van der Waals surface area contributed by atoms with Gasteiger partial charge in [-0.25, -0.2) is 15.0 Å². The Morgan fingerprint density at radius 3 is 2.59 bits per heavy atom. The van der Waals surface area contributed by atoms with Crippen LogP contribution < -0.4 is 11.5 Å². The quantitative estimate of drug-likeness (QED) is 0.502. The topological polar surface area (TPSA) is 90.7 Å². The number of hydrogen-bond acceptors (Lipinski definition) is 6. The van der Waals surface area contributed by atoms with Crippen molar-refractivity contribution in [1.29, 1.82) is 0 Å². The van der Waals surface area contributed by atoms with Gasteiger partial charge in [0.2, 0.25) is 0 Å². The molecular formula is C10H10ClN5S. The molecule has 2 rings (SSSR count). The van der Waals surface area contributed by atoms with Crippen molar-refractivity contribution in [1.82, 2.24) is 15.0 Å². The van der Waals surface area contributed by atoms with Crippen LogP contribution in [0.15, 0.2) is 29.6 Å². The number of anilines is 2. The highest BCUT2D eigenvalue weighted by Crippen LogP contribution is 2.24. The second kappa shape index (κ2) is 5.20. The number of pyridine rings is 1. The van der Waals surface area contributed by atoms with E-state index in [1.807, 2.05) is 12.1 Å². The molecule has 0 spiro atoms. The molecule has 2 aromatic heterocycles. The number of thioether (sulfide) groups is 1. The van der Waals surface area contributed by atoms with Crippen LogP contribution in [0.1, 0.15) is 5.56 Å². The molecule has 2 aromatic rings. The third-order valence-electron chi connectivity index (χ3n) is 1.94. The van der Waals surface area contributed by atoms with Crippen LogP contribution in [0.3, 0.4) is 0 Å². The fourth-order valence-electron chi connectivity index (χ4n) is 1.20. The zero-order valence-electron chi connectivity index (χ0n) is 8.80. The lowest BCUT2D eigenvalue weighted by atomic mass is 10.3. The van der Waals surface area contributed by atoms with Crippen LogP contribution in [0.4, 0.5) is 11.6 Å². The SMILES string of the molecule is Nc1cc(N)nc(SCc2cccnc2Cl)n1. The number of halogens is 1. The summed E-state index contributed by atoms with van der Waals surface area (Å²) in [6, 6.07) is 5.25. The van der Waals surface area contributed by atoms with Crippen molar-refractivity contribution >= 4 is 35.0 Å². The molecule has 0 unspecified atom stereocenters. The monoisotopic (exact) mass is 267 g/mol. The van der Waals surface area contributed by atoms with E-state index in [4.69, 9.17) is 23.1 Å². The van der Waals surface area contributed by atoms with Crippen molar-refractivity contribution < 1.29 is 0 Å². The summed E-state index contributed by atoms with van der Waals surface area (Å²) in [6.45, 7) is 0. The van der Waals surface area contributed by atoms with Gasteiger partial charge in [-0.2, -0.15) is 0 Å². The van der Waals surface area contributed by atoms with Gasteiger partial charge < -0.3 is 11.5 Å². The molecule has 0 saturated carbocycles. The van der Waals surface area contributed by atoms with E-state index < -0.39 is 0 Å². The molecule has 7 heteroatoms. The summed E-state index contributed by atoms with van der Waals surface area (Å²) in [7, 11) is 0. The summed E-state index contributed by atoms with van der Waals surface area (Å²) in [6.07, 6.45) is 1.64. The van der Waals surface area contributed by atoms with E-state index in [1.165, 1.54) is 17.8 Å². The molecule has 17 heavy (non-hydrogen) atoms. The van der Waals surface area contributed by atoms with Gasteiger partial charge in [0.05, 0.1) is 0 Å². The Bertz CT molecular complexity index is 514. The molecule has 4 N–H and O–H groups in total. The Morgan fingerprint density at radius 2 is 1.94 bits per heavy atom. The summed E-state index contributed by atoms with van der Waals surface area (Å²) < 4.78 is 0. The molecule has 0 aliphatic rings. The number of nitrogens with zero attached hydrogens (tertiary/aromatic N) is 3. The predicted molar refractivity (Wildman–Crippen MR) is 69.7 cm³/mol. The zero-order valence-corrected chi connectivity index (χ0v) is 10.4. The number of aromatic nitrogens is 3. The molecule has 0 aliphatic carbocycles. The lowest BCUT2D eigenvalue weighted by molar-refractivity contribution is 0.983. The van der Waals surface area contributed by atoms with Gasteiger partial charge >= 0.3 is 0 Å². The lowest BCUT2D eigenvalue weighted by Gasteiger charge is -2.03. The van der Waals surface area contributed by atoms with Gasteiger partial charge in [-0.1, -0.05) is 29.4 Å². The highest BCUT2D eigenvalue weighted by Gasteiger charge is 2.05. The highest BCUT2D eigenvalue weighted by atomic mass is 35.5. The van der Waals surface area contributed by atoms with E-state index in [0.717, 1.165) is 5.56 Å². The van der Waals surface area contributed by atoms with E-state index in [0.29, 0.717) is 27.7 Å². The van der Waals surface area contributed by atoms with Crippen LogP contribution >= 0.6 is 23.4 Å². The van der Waals surface area contributed by atoms with Crippen molar-refractivity contribution in [3.63, 3.8) is 0 Å². The molecule has 0 bridgehead atoms. The van der Waals surface area contributed by atoms with Gasteiger partial charge in [0.25, 0.3) is 0 Å². The van der Waals surface area contributed by atoms with Crippen LogP contribution in [-0.2, 0) is 5.75 Å². The van der Waals surface area contributed by atoms with E-state index in [9.17, 15) is 0 Å². The van der Waals surface area contributed by atoms with Gasteiger partial charge in [-0.05, 0) is 11.6 Å². The summed E-state index contributed by atoms with van der Waals surface area (Å²) >= 11 is 7.35. The largest absolute Gasteiger partial charge is 0.383 e. The minimum Gasteiger partial charge on any atom is -0.383 e. The molecular weight excluding hydrogens is 258 g/mol. The maximum Gasteiger partial charge on any atom is 0.191 e. The number of hydrogen-bond donors (Lipinski definition) is 2. The standard InChI is InChI=1S/C10H10ClN5S/c11-9-6(2-1-3-14-9)5-17-10-15-7(12)4-8(13)16-10/h1-4H,5H2,(H4,12,13,15,16). The highest BCUT2D eigenvalue weighted by molar-refractivity contribution is 7.98. The van der Waals surface area contributed by atoms with Crippen LogP contribution in [0.5, 0.6) is 0 Å². The van der Waals surface area contributed by atoms with Crippen molar-refractivity contribution in [2.24, 2.45) is 0 Å². The van der Waals surface area contributed by atoms with E-state index >= 15 is 0 Å². The molecule has 5 nitrogen and oxygen atoms in total. The fraction of sp³-hybridized carbons (Fsp3) is 0.100. The van der Waals surface area contributed by atoms with Gasteiger partial charge in [0.15, 0.2) is 5.16 Å². The fourth-order valence-corrected chi connectivity index (χ4v) is 2.32. The third-order valence-corrected chi connectivity index (χ3v) is 3.17. The van der Waals surface area contributed by atoms with Crippen LogP contribution in [-0.4, -0.2) is 15.0 Å². The van der Waals surface area contributed by atoms with Gasteiger partial charge in [0.1, 0.15) is 16.8 Å².